The lowest BCUT2D eigenvalue weighted by Gasteiger charge is -2.42. The third kappa shape index (κ3) is 5.05. The second-order valence-corrected chi connectivity index (χ2v) is 12.2. The zero-order valence-corrected chi connectivity index (χ0v) is 21.5. The maximum Gasteiger partial charge on any atom is 0.421 e. The number of hydrogen-bond acceptors (Lipinski definition) is 5. The number of piperazine rings is 1. The minimum atomic E-state index is -4.84. The van der Waals surface area contributed by atoms with Gasteiger partial charge in [0.25, 0.3) is 10.0 Å². The summed E-state index contributed by atoms with van der Waals surface area (Å²) in [6.07, 6.45) is -4.84. The highest BCUT2D eigenvalue weighted by molar-refractivity contribution is 7.91. The fourth-order valence-electron chi connectivity index (χ4n) is 4.00. The van der Waals surface area contributed by atoms with E-state index in [1.54, 1.807) is 35.7 Å². The minimum Gasteiger partial charge on any atom is -0.376 e. The molecular weight excluding hydrogens is 544 g/mol. The minimum absolute atomic E-state index is 0.0579. The van der Waals surface area contributed by atoms with Crippen molar-refractivity contribution in [3.63, 3.8) is 0 Å². The summed E-state index contributed by atoms with van der Waals surface area (Å²) in [4.78, 5) is 1.88. The van der Waals surface area contributed by atoms with Gasteiger partial charge in [0, 0.05) is 35.4 Å². The lowest BCUT2D eigenvalue weighted by Crippen LogP contribution is -2.50. The van der Waals surface area contributed by atoms with Gasteiger partial charge in [0.15, 0.2) is 5.60 Å². The zero-order valence-electron chi connectivity index (χ0n) is 18.3. The predicted octanol–water partition coefficient (Wildman–Crippen LogP) is 6.08. The molecule has 35 heavy (non-hydrogen) atoms. The molecule has 1 N–H and O–H groups in total. The fraction of sp³-hybridized carbons (Fsp3) is 0.304. The number of halogens is 5. The summed E-state index contributed by atoms with van der Waals surface area (Å²) in [5.41, 5.74) is -2.16. The number of sulfonamides is 1. The number of hydrogen-bond donors (Lipinski definition) is 1. The van der Waals surface area contributed by atoms with Crippen molar-refractivity contribution in [1.82, 2.24) is 4.31 Å². The zero-order chi connectivity index (χ0) is 25.6. The second-order valence-electron chi connectivity index (χ2n) is 8.29. The van der Waals surface area contributed by atoms with Crippen LogP contribution in [0.2, 0.25) is 10.0 Å². The van der Waals surface area contributed by atoms with Crippen LogP contribution in [0.4, 0.5) is 18.9 Å². The summed E-state index contributed by atoms with van der Waals surface area (Å²) >= 11 is 13.8. The van der Waals surface area contributed by atoms with Gasteiger partial charge in [0.1, 0.15) is 4.21 Å². The molecule has 1 fully saturated rings. The van der Waals surface area contributed by atoms with Crippen molar-refractivity contribution in [2.45, 2.75) is 29.0 Å². The van der Waals surface area contributed by atoms with E-state index in [0.29, 0.717) is 28.2 Å². The second kappa shape index (κ2) is 9.57. The first-order chi connectivity index (χ1) is 16.3. The highest BCUT2D eigenvalue weighted by Gasteiger charge is 2.51. The van der Waals surface area contributed by atoms with E-state index in [4.69, 9.17) is 23.2 Å². The molecule has 12 heteroatoms. The molecule has 0 radical (unpaired) electrons. The molecule has 2 atom stereocenters. The summed E-state index contributed by atoms with van der Waals surface area (Å²) in [5.74, 6) is 0. The van der Waals surface area contributed by atoms with Crippen LogP contribution in [0.1, 0.15) is 24.1 Å². The van der Waals surface area contributed by atoms with Gasteiger partial charge >= 0.3 is 6.18 Å². The van der Waals surface area contributed by atoms with Crippen molar-refractivity contribution in [1.29, 1.82) is 0 Å². The standard InChI is InChI=1S/C23H21Cl2F3N2O3S2/c1-22(31,23(26,27)28)15-4-7-17(8-5-15)30-11-10-29(35(32,33)21-3-2-12-34-21)14-20(30)18-13-16(24)6-9-19(18)25/h2-9,12-13,20,31H,10-11,14H2,1H3/t20-,22-/m0/s1. The van der Waals surface area contributed by atoms with Crippen molar-refractivity contribution in [2.24, 2.45) is 0 Å². The Kier molecular flexibility index (Phi) is 7.18. The first kappa shape index (κ1) is 26.2. The van der Waals surface area contributed by atoms with Crippen LogP contribution in [0.15, 0.2) is 64.2 Å². The smallest absolute Gasteiger partial charge is 0.376 e. The van der Waals surface area contributed by atoms with E-state index < -0.39 is 27.8 Å². The number of nitrogens with zero attached hydrogens (tertiary/aromatic N) is 2. The molecule has 2 aromatic carbocycles. The predicted molar refractivity (Wildman–Crippen MR) is 132 cm³/mol. The van der Waals surface area contributed by atoms with Crippen molar-refractivity contribution in [3.05, 3.63) is 81.1 Å². The lowest BCUT2D eigenvalue weighted by atomic mass is 9.94. The van der Waals surface area contributed by atoms with Gasteiger partial charge < -0.3 is 10.0 Å². The molecule has 0 unspecified atom stereocenters. The van der Waals surface area contributed by atoms with Crippen LogP contribution in [-0.4, -0.2) is 43.6 Å². The lowest BCUT2D eigenvalue weighted by molar-refractivity contribution is -0.258. The van der Waals surface area contributed by atoms with Gasteiger partial charge in [-0.1, -0.05) is 41.4 Å². The molecule has 188 valence electrons. The van der Waals surface area contributed by atoms with E-state index in [0.717, 1.165) is 11.3 Å². The highest BCUT2D eigenvalue weighted by atomic mass is 35.5. The van der Waals surface area contributed by atoms with Crippen molar-refractivity contribution in [3.8, 4) is 0 Å². The quantitative estimate of drug-likeness (QED) is 0.408. The van der Waals surface area contributed by atoms with E-state index in [-0.39, 0.29) is 29.4 Å². The van der Waals surface area contributed by atoms with Gasteiger partial charge in [-0.2, -0.15) is 17.5 Å². The van der Waals surface area contributed by atoms with Gasteiger partial charge in [-0.3, -0.25) is 0 Å². The maximum atomic E-state index is 13.3. The third-order valence-electron chi connectivity index (χ3n) is 6.06. The van der Waals surface area contributed by atoms with Crippen LogP contribution in [-0.2, 0) is 15.6 Å². The first-order valence-corrected chi connectivity index (χ1v) is 13.5. The average molecular weight is 565 g/mol. The molecular formula is C23H21Cl2F3N2O3S2. The largest absolute Gasteiger partial charge is 0.421 e. The van der Waals surface area contributed by atoms with Crippen molar-refractivity contribution in [2.75, 3.05) is 24.5 Å². The summed E-state index contributed by atoms with van der Waals surface area (Å²) in [6.45, 7) is 1.18. The van der Waals surface area contributed by atoms with Crippen LogP contribution in [0.3, 0.4) is 0 Å². The topological polar surface area (TPSA) is 60.9 Å². The molecule has 0 saturated carbocycles. The van der Waals surface area contributed by atoms with E-state index in [2.05, 4.69) is 0 Å². The Hall–Kier alpha value is -1.82. The van der Waals surface area contributed by atoms with E-state index in [1.165, 1.54) is 28.6 Å². The van der Waals surface area contributed by atoms with Gasteiger partial charge in [0.05, 0.1) is 6.04 Å². The van der Waals surface area contributed by atoms with Crippen LogP contribution in [0, 0.1) is 0 Å². The maximum absolute atomic E-state index is 13.3. The number of anilines is 1. The molecule has 4 rings (SSSR count). The SMILES string of the molecule is C[C@](O)(c1ccc(N2CCN(S(=O)(=O)c3cccs3)C[C@H]2c2cc(Cl)ccc2Cl)cc1)C(F)(F)F. The van der Waals surface area contributed by atoms with Crippen LogP contribution >= 0.6 is 34.5 Å². The average Bonchev–Trinajstić information content (AvgIpc) is 3.36. The molecule has 0 amide bonds. The summed E-state index contributed by atoms with van der Waals surface area (Å²) < 4.78 is 67.8. The molecule has 1 aromatic heterocycles. The Balaban J connectivity index is 1.72. The Labute approximate surface area is 215 Å². The summed E-state index contributed by atoms with van der Waals surface area (Å²) in [5, 5.41) is 12.5. The molecule has 0 bridgehead atoms. The van der Waals surface area contributed by atoms with Gasteiger partial charge in [-0.25, -0.2) is 8.42 Å². The van der Waals surface area contributed by atoms with Crippen LogP contribution in [0.5, 0.6) is 0 Å². The molecule has 1 aliphatic rings. The van der Waals surface area contributed by atoms with Crippen LogP contribution in [0.25, 0.3) is 0 Å². The molecule has 1 aliphatic heterocycles. The molecule has 2 heterocycles. The number of rotatable bonds is 5. The molecule has 0 aliphatic carbocycles. The normalized spacial score (nSPS) is 19.5. The number of benzene rings is 2. The molecule has 5 nitrogen and oxygen atoms in total. The molecule has 0 spiro atoms. The summed E-state index contributed by atoms with van der Waals surface area (Å²) in [7, 11) is -3.74. The fourth-order valence-corrected chi connectivity index (χ4v) is 7.01. The van der Waals surface area contributed by atoms with E-state index in [1.807, 2.05) is 4.90 Å². The highest BCUT2D eigenvalue weighted by Crippen LogP contribution is 2.41. The third-order valence-corrected chi connectivity index (χ3v) is 9.88. The van der Waals surface area contributed by atoms with E-state index in [9.17, 15) is 26.7 Å². The Morgan fingerprint density at radius 2 is 1.74 bits per heavy atom. The van der Waals surface area contributed by atoms with E-state index >= 15 is 0 Å². The first-order valence-electron chi connectivity index (χ1n) is 10.5. The Morgan fingerprint density at radius 1 is 1.06 bits per heavy atom. The van der Waals surface area contributed by atoms with Crippen molar-refractivity contribution >= 4 is 50.2 Å². The van der Waals surface area contributed by atoms with Crippen molar-refractivity contribution < 1.29 is 26.7 Å². The number of aliphatic hydroxyl groups is 1. The van der Waals surface area contributed by atoms with Gasteiger partial charge in [0.2, 0.25) is 0 Å². The van der Waals surface area contributed by atoms with Crippen LogP contribution < -0.4 is 4.90 Å². The summed E-state index contributed by atoms with van der Waals surface area (Å²) in [6, 6.07) is 12.9. The number of thiophene rings is 1. The number of alkyl halides is 3. The van der Waals surface area contributed by atoms with Gasteiger partial charge in [-0.05, 0) is 59.8 Å². The Bertz CT molecular complexity index is 1300. The monoisotopic (exact) mass is 564 g/mol. The van der Waals surface area contributed by atoms with Gasteiger partial charge in [-0.15, -0.1) is 11.3 Å². The molecule has 1 saturated heterocycles. The Morgan fingerprint density at radius 3 is 2.34 bits per heavy atom. The molecule has 3 aromatic rings.